The lowest BCUT2D eigenvalue weighted by atomic mass is 10.2. The summed E-state index contributed by atoms with van der Waals surface area (Å²) in [5.41, 5.74) is 2.05. The van der Waals surface area contributed by atoms with E-state index in [4.69, 9.17) is 11.6 Å². The van der Waals surface area contributed by atoms with Crippen LogP contribution >= 0.6 is 22.9 Å². The minimum atomic E-state index is -0.215. The summed E-state index contributed by atoms with van der Waals surface area (Å²) in [6.07, 6.45) is 0.326. The highest BCUT2D eigenvalue weighted by molar-refractivity contribution is 7.12. The Balaban J connectivity index is 1.95. The summed E-state index contributed by atoms with van der Waals surface area (Å²) in [7, 11) is 1.40. The molecule has 0 saturated carbocycles. The van der Waals surface area contributed by atoms with E-state index in [1.165, 1.54) is 7.11 Å². The first kappa shape index (κ1) is 14.9. The molecule has 0 aliphatic carbocycles. The molecule has 0 fully saturated rings. The number of thiophene rings is 1. The van der Waals surface area contributed by atoms with Gasteiger partial charge in [-0.3, -0.25) is 4.79 Å². The molecule has 0 aliphatic heterocycles. The molecule has 3 nitrogen and oxygen atoms in total. The zero-order chi connectivity index (χ0) is 14.5. The van der Waals surface area contributed by atoms with Crippen LogP contribution in [0, 0.1) is 6.92 Å². The molecule has 1 aromatic carbocycles. The molecule has 1 N–H and O–H groups in total. The third kappa shape index (κ3) is 3.99. The maximum Gasteiger partial charge on any atom is 0.310 e. The SMILES string of the molecule is COC(=O)Cc1ccc(CNc2ccc(C)cc2Cl)s1. The number of anilines is 1. The van der Waals surface area contributed by atoms with Gasteiger partial charge < -0.3 is 10.1 Å². The maximum absolute atomic E-state index is 11.2. The van der Waals surface area contributed by atoms with Crippen LogP contribution in [0.1, 0.15) is 15.3 Å². The number of hydrogen-bond acceptors (Lipinski definition) is 4. The molecule has 1 aromatic heterocycles. The van der Waals surface area contributed by atoms with Crippen LogP contribution in [0.3, 0.4) is 0 Å². The normalized spacial score (nSPS) is 10.3. The van der Waals surface area contributed by atoms with Crippen molar-refractivity contribution in [1.29, 1.82) is 0 Å². The van der Waals surface area contributed by atoms with Crippen molar-refractivity contribution in [1.82, 2.24) is 0 Å². The molecule has 0 saturated heterocycles. The third-order valence-electron chi connectivity index (χ3n) is 2.84. The molecule has 20 heavy (non-hydrogen) atoms. The number of hydrogen-bond donors (Lipinski definition) is 1. The average Bonchev–Trinajstić information content (AvgIpc) is 2.85. The van der Waals surface area contributed by atoms with E-state index in [0.29, 0.717) is 13.0 Å². The van der Waals surface area contributed by atoms with Gasteiger partial charge in [0.05, 0.1) is 24.2 Å². The topological polar surface area (TPSA) is 38.3 Å². The Bertz CT molecular complexity index is 610. The van der Waals surface area contributed by atoms with E-state index in [1.54, 1.807) is 11.3 Å². The van der Waals surface area contributed by atoms with Crippen LogP contribution in [-0.4, -0.2) is 13.1 Å². The summed E-state index contributed by atoms with van der Waals surface area (Å²) in [6.45, 7) is 2.70. The van der Waals surface area contributed by atoms with Crippen LogP contribution in [0.4, 0.5) is 5.69 Å². The van der Waals surface area contributed by atoms with Crippen molar-refractivity contribution in [3.8, 4) is 0 Å². The summed E-state index contributed by atoms with van der Waals surface area (Å²) >= 11 is 7.77. The second-order valence-electron chi connectivity index (χ2n) is 4.46. The Morgan fingerprint density at radius 3 is 2.75 bits per heavy atom. The minimum absolute atomic E-state index is 0.215. The van der Waals surface area contributed by atoms with Gasteiger partial charge in [-0.05, 0) is 36.8 Å². The van der Waals surface area contributed by atoms with Gasteiger partial charge in [-0.2, -0.15) is 0 Å². The number of carbonyl (C=O) groups is 1. The fourth-order valence-corrected chi connectivity index (χ4v) is 3.02. The van der Waals surface area contributed by atoms with Gasteiger partial charge in [0, 0.05) is 16.3 Å². The van der Waals surface area contributed by atoms with Crippen molar-refractivity contribution >= 4 is 34.6 Å². The summed E-state index contributed by atoms with van der Waals surface area (Å²) < 4.78 is 4.65. The van der Waals surface area contributed by atoms with Gasteiger partial charge in [-0.25, -0.2) is 0 Å². The number of methoxy groups -OCH3 is 1. The standard InChI is InChI=1S/C15H16ClNO2S/c1-10-3-6-14(13(16)7-10)17-9-12-5-4-11(20-12)8-15(18)19-2/h3-7,17H,8-9H2,1-2H3. The van der Waals surface area contributed by atoms with E-state index in [9.17, 15) is 4.79 Å². The Hall–Kier alpha value is -1.52. The van der Waals surface area contributed by atoms with Crippen LogP contribution < -0.4 is 5.32 Å². The minimum Gasteiger partial charge on any atom is -0.469 e. The molecule has 0 radical (unpaired) electrons. The predicted molar refractivity (Wildman–Crippen MR) is 83.6 cm³/mol. The molecule has 0 atom stereocenters. The first-order valence-corrected chi connectivity index (χ1v) is 7.42. The van der Waals surface area contributed by atoms with E-state index in [0.717, 1.165) is 26.0 Å². The van der Waals surface area contributed by atoms with Crippen molar-refractivity contribution in [3.63, 3.8) is 0 Å². The molecule has 0 spiro atoms. The lowest BCUT2D eigenvalue weighted by molar-refractivity contribution is -0.139. The smallest absolute Gasteiger partial charge is 0.310 e. The average molecular weight is 310 g/mol. The van der Waals surface area contributed by atoms with E-state index < -0.39 is 0 Å². The Labute approximate surface area is 127 Å². The molecule has 5 heteroatoms. The molecular formula is C15H16ClNO2S. The van der Waals surface area contributed by atoms with Gasteiger partial charge in [-0.1, -0.05) is 17.7 Å². The quantitative estimate of drug-likeness (QED) is 0.847. The Morgan fingerprint density at radius 2 is 2.05 bits per heavy atom. The van der Waals surface area contributed by atoms with Crippen molar-refractivity contribution in [2.75, 3.05) is 12.4 Å². The fraction of sp³-hybridized carbons (Fsp3) is 0.267. The predicted octanol–water partition coefficient (Wildman–Crippen LogP) is 4.04. The number of benzene rings is 1. The molecular weight excluding hydrogens is 294 g/mol. The number of rotatable bonds is 5. The van der Waals surface area contributed by atoms with Crippen LogP contribution in [0.15, 0.2) is 30.3 Å². The van der Waals surface area contributed by atoms with Crippen LogP contribution in [0.5, 0.6) is 0 Å². The summed E-state index contributed by atoms with van der Waals surface area (Å²) in [5.74, 6) is -0.215. The van der Waals surface area contributed by atoms with Crippen molar-refractivity contribution < 1.29 is 9.53 Å². The Morgan fingerprint density at radius 1 is 1.30 bits per heavy atom. The number of esters is 1. The number of ether oxygens (including phenoxy) is 1. The highest BCUT2D eigenvalue weighted by Gasteiger charge is 2.07. The van der Waals surface area contributed by atoms with Gasteiger partial charge in [0.15, 0.2) is 0 Å². The van der Waals surface area contributed by atoms with Gasteiger partial charge >= 0.3 is 5.97 Å². The van der Waals surface area contributed by atoms with Gasteiger partial charge in [0.25, 0.3) is 0 Å². The summed E-state index contributed by atoms with van der Waals surface area (Å²) in [4.78, 5) is 13.4. The molecule has 2 aromatic rings. The second kappa shape index (κ2) is 6.77. The third-order valence-corrected chi connectivity index (χ3v) is 4.24. The second-order valence-corrected chi connectivity index (χ2v) is 6.12. The lowest BCUT2D eigenvalue weighted by Gasteiger charge is -2.07. The highest BCUT2D eigenvalue weighted by atomic mass is 35.5. The number of aryl methyl sites for hydroxylation is 1. The van der Waals surface area contributed by atoms with E-state index in [1.807, 2.05) is 37.3 Å². The zero-order valence-corrected chi connectivity index (χ0v) is 13.0. The molecule has 0 amide bonds. The summed E-state index contributed by atoms with van der Waals surface area (Å²) in [6, 6.07) is 9.89. The molecule has 0 unspecified atom stereocenters. The maximum atomic E-state index is 11.2. The zero-order valence-electron chi connectivity index (χ0n) is 11.4. The van der Waals surface area contributed by atoms with Crippen LogP contribution in [-0.2, 0) is 22.5 Å². The Kier molecular flexibility index (Phi) is 5.04. The van der Waals surface area contributed by atoms with E-state index in [-0.39, 0.29) is 5.97 Å². The summed E-state index contributed by atoms with van der Waals surface area (Å²) in [5, 5.41) is 4.02. The fourth-order valence-electron chi connectivity index (χ4n) is 1.77. The lowest BCUT2D eigenvalue weighted by Crippen LogP contribution is -2.02. The number of carbonyl (C=O) groups excluding carboxylic acids is 1. The van der Waals surface area contributed by atoms with Crippen molar-refractivity contribution in [2.24, 2.45) is 0 Å². The highest BCUT2D eigenvalue weighted by Crippen LogP contribution is 2.24. The molecule has 106 valence electrons. The van der Waals surface area contributed by atoms with Gasteiger partial charge in [0.1, 0.15) is 0 Å². The van der Waals surface area contributed by atoms with E-state index >= 15 is 0 Å². The van der Waals surface area contributed by atoms with E-state index in [2.05, 4.69) is 10.1 Å². The van der Waals surface area contributed by atoms with Crippen molar-refractivity contribution in [2.45, 2.75) is 19.9 Å². The van der Waals surface area contributed by atoms with Crippen LogP contribution in [0.2, 0.25) is 5.02 Å². The van der Waals surface area contributed by atoms with Crippen molar-refractivity contribution in [3.05, 3.63) is 50.7 Å². The molecule has 2 rings (SSSR count). The van der Waals surface area contributed by atoms with Gasteiger partial charge in [0.2, 0.25) is 0 Å². The van der Waals surface area contributed by atoms with Gasteiger partial charge in [-0.15, -0.1) is 11.3 Å². The monoisotopic (exact) mass is 309 g/mol. The first-order valence-electron chi connectivity index (χ1n) is 6.23. The number of nitrogens with one attached hydrogen (secondary N) is 1. The molecule has 0 aliphatic rings. The number of halogens is 1. The first-order chi connectivity index (χ1) is 9.58. The van der Waals surface area contributed by atoms with Crippen LogP contribution in [0.25, 0.3) is 0 Å². The molecule has 0 bridgehead atoms. The largest absolute Gasteiger partial charge is 0.469 e. The molecule has 1 heterocycles.